The van der Waals surface area contributed by atoms with Gasteiger partial charge in [-0.15, -0.1) is 6.58 Å². The third-order valence-corrected chi connectivity index (χ3v) is 10.4. The number of Topliss-reactive ketones (excluding diaryl/α,β-unsaturated/α-hetero) is 1. The van der Waals surface area contributed by atoms with Gasteiger partial charge in [-0.2, -0.15) is 0 Å². The van der Waals surface area contributed by atoms with Gasteiger partial charge >= 0.3 is 6.03 Å². The molecule has 0 bridgehead atoms. The SMILES string of the molecule is C=CCNC(=O)C(=O)C(CCC)NC(=O)[C@@H]1[C@@H]2[C@H](CN1C(=O)C(NC(=O)NC1CCCC1)C1Cc3ccccc3C1)C2(C)C. The topological polar surface area (TPSA) is 137 Å². The Morgan fingerprint density at radius 2 is 1.70 bits per heavy atom. The Balaban J connectivity index is 1.36. The fraction of sp³-hybridized carbons (Fsp3) is 0.618. The minimum absolute atomic E-state index is 0.0767. The fourth-order valence-corrected chi connectivity index (χ4v) is 7.86. The molecule has 0 radical (unpaired) electrons. The van der Waals surface area contributed by atoms with Crippen molar-refractivity contribution in [3.63, 3.8) is 0 Å². The van der Waals surface area contributed by atoms with Crippen LogP contribution in [0.15, 0.2) is 36.9 Å². The van der Waals surface area contributed by atoms with E-state index in [1.165, 1.54) is 17.2 Å². The molecule has 2 unspecified atom stereocenters. The molecule has 1 saturated heterocycles. The molecule has 3 aliphatic carbocycles. The molecule has 4 aliphatic rings. The minimum atomic E-state index is -0.995. The maximum atomic E-state index is 14.5. The van der Waals surface area contributed by atoms with Crippen molar-refractivity contribution in [1.82, 2.24) is 26.2 Å². The van der Waals surface area contributed by atoms with E-state index in [1.54, 1.807) is 4.90 Å². The normalized spacial score (nSPS) is 24.9. The first-order valence-electron chi connectivity index (χ1n) is 16.2. The predicted molar refractivity (Wildman–Crippen MR) is 166 cm³/mol. The zero-order chi connectivity index (χ0) is 31.6. The van der Waals surface area contributed by atoms with Crippen LogP contribution in [0, 0.1) is 23.2 Å². The molecule has 44 heavy (non-hydrogen) atoms. The first kappa shape index (κ1) is 31.7. The molecule has 10 heteroatoms. The summed E-state index contributed by atoms with van der Waals surface area (Å²) < 4.78 is 0. The molecular weight excluding hydrogens is 558 g/mol. The van der Waals surface area contributed by atoms with E-state index in [2.05, 4.69) is 53.8 Å². The van der Waals surface area contributed by atoms with E-state index in [0.29, 0.717) is 32.2 Å². The van der Waals surface area contributed by atoms with Crippen molar-refractivity contribution in [2.45, 2.75) is 96.3 Å². The highest BCUT2D eigenvalue weighted by Crippen LogP contribution is 2.65. The molecule has 4 N–H and O–H groups in total. The number of carbonyl (C=O) groups excluding carboxylic acids is 5. The highest BCUT2D eigenvalue weighted by molar-refractivity contribution is 6.38. The van der Waals surface area contributed by atoms with Gasteiger partial charge in [0.15, 0.2) is 0 Å². The number of amides is 5. The number of hydrogen-bond donors (Lipinski definition) is 4. The Morgan fingerprint density at radius 1 is 1.05 bits per heavy atom. The smallest absolute Gasteiger partial charge is 0.315 e. The first-order valence-corrected chi connectivity index (χ1v) is 16.2. The average Bonchev–Trinajstić information content (AvgIpc) is 3.57. The second-order valence-corrected chi connectivity index (χ2v) is 13.6. The van der Waals surface area contributed by atoms with E-state index in [0.717, 1.165) is 25.7 Å². The van der Waals surface area contributed by atoms with E-state index in [9.17, 15) is 24.0 Å². The zero-order valence-corrected chi connectivity index (χ0v) is 26.2. The monoisotopic (exact) mass is 605 g/mol. The van der Waals surface area contributed by atoms with Gasteiger partial charge in [0.2, 0.25) is 17.6 Å². The van der Waals surface area contributed by atoms with Gasteiger partial charge in [0.25, 0.3) is 5.91 Å². The number of likely N-dealkylation sites (tertiary alicyclic amines) is 1. The van der Waals surface area contributed by atoms with Crippen LogP contribution in [-0.4, -0.2) is 71.7 Å². The number of ketones is 1. The van der Waals surface area contributed by atoms with Crippen LogP contribution in [-0.2, 0) is 32.0 Å². The van der Waals surface area contributed by atoms with Crippen LogP contribution in [0.1, 0.15) is 70.4 Å². The Morgan fingerprint density at radius 3 is 2.32 bits per heavy atom. The largest absolute Gasteiger partial charge is 0.346 e. The van der Waals surface area contributed by atoms with Gasteiger partial charge in [0.1, 0.15) is 12.1 Å². The molecule has 3 fully saturated rings. The standard InChI is InChI=1S/C34H47N5O5/c1-5-11-25(29(40)31(42)35-16-6-2)37-30(41)28-26-24(34(26,3)4)19-39(28)32(43)27(38-33(44)36-23-14-9-10-15-23)22-17-20-12-7-8-13-21(20)18-22/h6-8,12-13,22-28H,2,5,9-11,14-19H2,1,3-4H3,(H,35,42)(H,37,41)(H2,36,38,44)/t24-,25?,26-,27?,28-/m0/s1. The lowest BCUT2D eigenvalue weighted by Gasteiger charge is -2.35. The molecular formula is C34H47N5O5. The summed E-state index contributed by atoms with van der Waals surface area (Å²) in [7, 11) is 0. The van der Waals surface area contributed by atoms with Crippen LogP contribution in [0.4, 0.5) is 4.79 Å². The molecule has 1 heterocycles. The lowest BCUT2D eigenvalue weighted by atomic mass is 9.93. The molecule has 2 saturated carbocycles. The van der Waals surface area contributed by atoms with Gasteiger partial charge in [-0.25, -0.2) is 4.79 Å². The van der Waals surface area contributed by atoms with Gasteiger partial charge in [-0.1, -0.05) is 70.4 Å². The van der Waals surface area contributed by atoms with Crippen molar-refractivity contribution in [3.8, 4) is 0 Å². The van der Waals surface area contributed by atoms with Crippen molar-refractivity contribution in [2.75, 3.05) is 13.1 Å². The van der Waals surface area contributed by atoms with Gasteiger partial charge in [0, 0.05) is 19.1 Å². The molecule has 10 nitrogen and oxygen atoms in total. The molecule has 1 aromatic carbocycles. The number of hydrogen-bond acceptors (Lipinski definition) is 5. The number of piperidine rings is 1. The second kappa shape index (κ2) is 13.1. The Kier molecular flexibility index (Phi) is 9.46. The molecule has 0 aromatic heterocycles. The van der Waals surface area contributed by atoms with Gasteiger partial charge < -0.3 is 26.2 Å². The molecule has 5 rings (SSSR count). The number of urea groups is 1. The summed E-state index contributed by atoms with van der Waals surface area (Å²) in [5.41, 5.74) is 2.20. The molecule has 5 atom stereocenters. The van der Waals surface area contributed by atoms with Crippen molar-refractivity contribution < 1.29 is 24.0 Å². The van der Waals surface area contributed by atoms with Crippen LogP contribution in [0.5, 0.6) is 0 Å². The molecule has 5 amide bonds. The highest BCUT2D eigenvalue weighted by Gasteiger charge is 2.69. The molecule has 0 spiro atoms. The summed E-state index contributed by atoms with van der Waals surface area (Å²) in [4.78, 5) is 68.8. The summed E-state index contributed by atoms with van der Waals surface area (Å²) in [6.45, 7) is 10.2. The highest BCUT2D eigenvalue weighted by atomic mass is 16.2. The maximum Gasteiger partial charge on any atom is 0.315 e. The van der Waals surface area contributed by atoms with Gasteiger partial charge in [0.05, 0.1) is 6.04 Å². The molecule has 238 valence electrons. The Labute approximate surface area is 260 Å². The number of rotatable bonds is 12. The third-order valence-electron chi connectivity index (χ3n) is 10.4. The van der Waals surface area contributed by atoms with Crippen LogP contribution in [0.2, 0.25) is 0 Å². The van der Waals surface area contributed by atoms with Crippen molar-refractivity contribution in [3.05, 3.63) is 48.0 Å². The maximum absolute atomic E-state index is 14.5. The average molecular weight is 606 g/mol. The predicted octanol–water partition coefficient (Wildman–Crippen LogP) is 2.65. The summed E-state index contributed by atoms with van der Waals surface area (Å²) in [5.74, 6) is -2.27. The second-order valence-electron chi connectivity index (χ2n) is 13.6. The number of carbonyl (C=O) groups is 5. The summed E-state index contributed by atoms with van der Waals surface area (Å²) in [6.07, 6.45) is 7.69. The van der Waals surface area contributed by atoms with E-state index >= 15 is 0 Å². The zero-order valence-electron chi connectivity index (χ0n) is 26.2. The summed E-state index contributed by atoms with van der Waals surface area (Å²) in [6, 6.07) is 5.25. The van der Waals surface area contributed by atoms with Gasteiger partial charge in [-0.05, 0) is 66.4 Å². The van der Waals surface area contributed by atoms with E-state index < -0.39 is 35.7 Å². The van der Waals surface area contributed by atoms with Gasteiger partial charge in [-0.3, -0.25) is 19.2 Å². The lowest BCUT2D eigenvalue weighted by molar-refractivity contribution is -0.144. The minimum Gasteiger partial charge on any atom is -0.346 e. The number of fused-ring (bicyclic) bond motifs is 2. The lowest BCUT2D eigenvalue weighted by Crippen LogP contribution is -2.60. The molecule has 1 aliphatic heterocycles. The van der Waals surface area contributed by atoms with Crippen LogP contribution in [0.25, 0.3) is 0 Å². The quantitative estimate of drug-likeness (QED) is 0.215. The summed E-state index contributed by atoms with van der Waals surface area (Å²) >= 11 is 0. The summed E-state index contributed by atoms with van der Waals surface area (Å²) in [5, 5.41) is 11.4. The van der Waals surface area contributed by atoms with Crippen molar-refractivity contribution in [2.24, 2.45) is 23.2 Å². The Hall–Kier alpha value is -3.69. The van der Waals surface area contributed by atoms with Crippen LogP contribution in [0.3, 0.4) is 0 Å². The number of nitrogens with one attached hydrogen (secondary N) is 4. The van der Waals surface area contributed by atoms with E-state index in [1.807, 2.05) is 19.1 Å². The van der Waals surface area contributed by atoms with Crippen LogP contribution < -0.4 is 21.3 Å². The Bertz CT molecular complexity index is 1280. The third kappa shape index (κ3) is 6.40. The molecule has 1 aromatic rings. The number of nitrogens with zero attached hydrogens (tertiary/aromatic N) is 1. The van der Waals surface area contributed by atoms with Crippen LogP contribution >= 0.6 is 0 Å². The van der Waals surface area contributed by atoms with E-state index in [4.69, 9.17) is 0 Å². The van der Waals surface area contributed by atoms with E-state index in [-0.39, 0.29) is 47.7 Å². The first-order chi connectivity index (χ1) is 21.1. The number of benzene rings is 1. The fourth-order valence-electron chi connectivity index (χ4n) is 7.86. The van der Waals surface area contributed by atoms with Crippen molar-refractivity contribution in [1.29, 1.82) is 0 Å². The van der Waals surface area contributed by atoms with Crippen molar-refractivity contribution >= 4 is 29.5 Å².